The van der Waals surface area contributed by atoms with Crippen molar-refractivity contribution in [2.24, 2.45) is 17.8 Å². The van der Waals surface area contributed by atoms with Gasteiger partial charge in [-0.15, -0.1) is 0 Å². The van der Waals surface area contributed by atoms with E-state index in [9.17, 15) is 9.90 Å². The van der Waals surface area contributed by atoms with Crippen molar-refractivity contribution in [2.75, 3.05) is 20.2 Å². The normalized spacial score (nSPS) is 27.1. The molecule has 1 aliphatic heterocycles. The first-order chi connectivity index (χ1) is 9.67. The summed E-state index contributed by atoms with van der Waals surface area (Å²) in [5, 5.41) is 13.1. The van der Waals surface area contributed by atoms with Crippen molar-refractivity contribution < 1.29 is 19.2 Å². The number of aromatic nitrogens is 2. The summed E-state index contributed by atoms with van der Waals surface area (Å²) in [6.45, 7) is 2.22. The largest absolute Gasteiger partial charge is 0.481 e. The second kappa shape index (κ2) is 5.49. The maximum Gasteiger partial charge on any atom is 0.308 e. The van der Waals surface area contributed by atoms with Crippen LogP contribution in [0.1, 0.15) is 24.6 Å². The summed E-state index contributed by atoms with van der Waals surface area (Å²) >= 11 is 0. The summed E-state index contributed by atoms with van der Waals surface area (Å²) in [7, 11) is 1.58. The highest BCUT2D eigenvalue weighted by atomic mass is 16.5. The Morgan fingerprint density at radius 1 is 1.50 bits per heavy atom. The van der Waals surface area contributed by atoms with Crippen LogP contribution < -0.4 is 0 Å². The predicted molar refractivity (Wildman–Crippen MR) is 67.6 cm³/mol. The molecule has 0 amide bonds. The molecule has 110 valence electrons. The molecule has 1 aliphatic carbocycles. The second-order valence-electron chi connectivity index (χ2n) is 5.68. The van der Waals surface area contributed by atoms with Crippen LogP contribution in [0.15, 0.2) is 4.52 Å². The fraction of sp³-hybridized carbons (Fsp3) is 0.769. The zero-order valence-electron chi connectivity index (χ0n) is 11.5. The minimum absolute atomic E-state index is 0.260. The molecule has 3 rings (SSSR count). The number of carbonyl (C=O) groups is 1. The lowest BCUT2D eigenvalue weighted by molar-refractivity contribution is -0.142. The van der Waals surface area contributed by atoms with Crippen molar-refractivity contribution in [3.05, 3.63) is 11.7 Å². The zero-order valence-corrected chi connectivity index (χ0v) is 11.5. The number of aliphatic carboxylic acids is 1. The molecular formula is C13H19N3O4. The van der Waals surface area contributed by atoms with Gasteiger partial charge in [-0.1, -0.05) is 5.16 Å². The lowest BCUT2D eigenvalue weighted by atomic mass is 9.92. The van der Waals surface area contributed by atoms with Gasteiger partial charge in [0.1, 0.15) is 6.61 Å². The van der Waals surface area contributed by atoms with Gasteiger partial charge in [0.2, 0.25) is 5.89 Å². The van der Waals surface area contributed by atoms with E-state index in [4.69, 9.17) is 9.26 Å². The number of methoxy groups -OCH3 is 1. The highest BCUT2D eigenvalue weighted by Crippen LogP contribution is 2.44. The molecule has 2 heterocycles. The Bertz CT molecular complexity index is 486. The van der Waals surface area contributed by atoms with Gasteiger partial charge in [0.25, 0.3) is 0 Å². The minimum Gasteiger partial charge on any atom is -0.481 e. The number of carboxylic acid groups (broad SMARTS) is 1. The molecule has 0 bridgehead atoms. The van der Waals surface area contributed by atoms with Gasteiger partial charge in [-0.25, -0.2) is 0 Å². The first-order valence-electron chi connectivity index (χ1n) is 6.93. The number of carboxylic acids is 1. The van der Waals surface area contributed by atoms with E-state index in [1.165, 1.54) is 12.8 Å². The Balaban J connectivity index is 1.61. The molecular weight excluding hydrogens is 262 g/mol. The Kier molecular flexibility index (Phi) is 3.71. The first-order valence-corrected chi connectivity index (χ1v) is 6.93. The lowest BCUT2D eigenvalue weighted by Gasteiger charge is -2.12. The van der Waals surface area contributed by atoms with E-state index in [1.54, 1.807) is 7.11 Å². The van der Waals surface area contributed by atoms with Crippen molar-refractivity contribution in [1.82, 2.24) is 15.0 Å². The Morgan fingerprint density at radius 3 is 2.95 bits per heavy atom. The fourth-order valence-corrected chi connectivity index (χ4v) is 3.04. The van der Waals surface area contributed by atoms with E-state index in [-0.39, 0.29) is 11.8 Å². The van der Waals surface area contributed by atoms with E-state index in [0.717, 1.165) is 6.54 Å². The van der Waals surface area contributed by atoms with Gasteiger partial charge >= 0.3 is 5.97 Å². The molecule has 0 spiro atoms. The molecule has 1 saturated carbocycles. The standard InChI is InChI=1S/C13H19N3O4/c1-19-7-11-14-12(20-15-11)6-16-4-9(8-2-3-8)10(5-16)13(17)18/h8-10H,2-7H2,1H3,(H,17,18)/t9-,10+/m0/s1. The van der Waals surface area contributed by atoms with Gasteiger partial charge in [-0.05, 0) is 24.7 Å². The van der Waals surface area contributed by atoms with Crippen molar-refractivity contribution in [2.45, 2.75) is 26.0 Å². The van der Waals surface area contributed by atoms with Crippen LogP contribution in [0.25, 0.3) is 0 Å². The van der Waals surface area contributed by atoms with Gasteiger partial charge in [0, 0.05) is 20.2 Å². The average Bonchev–Trinajstić information content (AvgIpc) is 3.02. The van der Waals surface area contributed by atoms with E-state index >= 15 is 0 Å². The van der Waals surface area contributed by atoms with Crippen LogP contribution in [0.2, 0.25) is 0 Å². The van der Waals surface area contributed by atoms with E-state index in [1.807, 2.05) is 0 Å². The number of rotatable bonds is 6. The third-order valence-electron chi connectivity index (χ3n) is 4.13. The smallest absolute Gasteiger partial charge is 0.308 e. The summed E-state index contributed by atoms with van der Waals surface area (Å²) in [6, 6.07) is 0. The quantitative estimate of drug-likeness (QED) is 0.823. The molecule has 1 aromatic heterocycles. The van der Waals surface area contributed by atoms with Gasteiger partial charge in [0.15, 0.2) is 5.82 Å². The summed E-state index contributed by atoms with van der Waals surface area (Å²) in [5.41, 5.74) is 0. The van der Waals surface area contributed by atoms with Crippen molar-refractivity contribution >= 4 is 5.97 Å². The molecule has 1 N–H and O–H groups in total. The van der Waals surface area contributed by atoms with Crippen molar-refractivity contribution in [3.8, 4) is 0 Å². The number of hydrogen-bond donors (Lipinski definition) is 1. The Morgan fingerprint density at radius 2 is 2.30 bits per heavy atom. The molecule has 1 saturated heterocycles. The highest BCUT2D eigenvalue weighted by Gasteiger charge is 2.45. The summed E-state index contributed by atoms with van der Waals surface area (Å²) in [4.78, 5) is 17.7. The summed E-state index contributed by atoms with van der Waals surface area (Å²) < 4.78 is 10.1. The molecule has 20 heavy (non-hydrogen) atoms. The lowest BCUT2D eigenvalue weighted by Crippen LogP contribution is -2.24. The number of likely N-dealkylation sites (tertiary alicyclic amines) is 1. The SMILES string of the molecule is COCc1noc(CN2C[C@@H](C(=O)O)[C@H](C3CC3)C2)n1. The predicted octanol–water partition coefficient (Wildman–Crippen LogP) is 0.759. The van der Waals surface area contributed by atoms with Crippen molar-refractivity contribution in [3.63, 3.8) is 0 Å². The molecule has 2 aliphatic rings. The summed E-state index contributed by atoms with van der Waals surface area (Å²) in [6.07, 6.45) is 2.33. The zero-order chi connectivity index (χ0) is 14.1. The van der Waals surface area contributed by atoms with Crippen LogP contribution in [0, 0.1) is 17.8 Å². The first kappa shape index (κ1) is 13.5. The number of nitrogens with zero attached hydrogens (tertiary/aromatic N) is 3. The Hall–Kier alpha value is -1.47. The molecule has 0 aromatic carbocycles. The maximum atomic E-state index is 11.3. The molecule has 7 heteroatoms. The molecule has 7 nitrogen and oxygen atoms in total. The van der Waals surface area contributed by atoms with Gasteiger partial charge in [-0.2, -0.15) is 4.98 Å². The highest BCUT2D eigenvalue weighted by molar-refractivity contribution is 5.71. The molecule has 2 fully saturated rings. The second-order valence-corrected chi connectivity index (χ2v) is 5.68. The summed E-state index contributed by atoms with van der Waals surface area (Å²) in [5.74, 6) is 0.966. The van der Waals surface area contributed by atoms with E-state index in [0.29, 0.717) is 37.3 Å². The fourth-order valence-electron chi connectivity index (χ4n) is 3.04. The third kappa shape index (κ3) is 2.83. The van der Waals surface area contributed by atoms with Crippen LogP contribution in [-0.2, 0) is 22.7 Å². The van der Waals surface area contributed by atoms with Crippen LogP contribution in [0.3, 0.4) is 0 Å². The Labute approximate surface area is 116 Å². The molecule has 0 unspecified atom stereocenters. The topological polar surface area (TPSA) is 88.7 Å². The van der Waals surface area contributed by atoms with Crippen LogP contribution in [0.4, 0.5) is 0 Å². The molecule has 2 atom stereocenters. The third-order valence-corrected chi connectivity index (χ3v) is 4.13. The van der Waals surface area contributed by atoms with Crippen LogP contribution in [0.5, 0.6) is 0 Å². The number of ether oxygens (including phenoxy) is 1. The average molecular weight is 281 g/mol. The number of hydrogen-bond acceptors (Lipinski definition) is 6. The van der Waals surface area contributed by atoms with Crippen LogP contribution >= 0.6 is 0 Å². The minimum atomic E-state index is -0.685. The molecule has 0 radical (unpaired) electrons. The van der Waals surface area contributed by atoms with E-state index in [2.05, 4.69) is 15.0 Å². The monoisotopic (exact) mass is 281 g/mol. The molecule has 1 aromatic rings. The van der Waals surface area contributed by atoms with Gasteiger partial charge in [0.05, 0.1) is 12.5 Å². The van der Waals surface area contributed by atoms with E-state index < -0.39 is 5.97 Å². The van der Waals surface area contributed by atoms with Crippen molar-refractivity contribution in [1.29, 1.82) is 0 Å². The van der Waals surface area contributed by atoms with Crippen LogP contribution in [-0.4, -0.2) is 46.3 Å². The van der Waals surface area contributed by atoms with Gasteiger partial charge in [-0.3, -0.25) is 9.69 Å². The maximum absolute atomic E-state index is 11.3. The van der Waals surface area contributed by atoms with Gasteiger partial charge < -0.3 is 14.4 Å².